The molecule has 11 nitrogen and oxygen atoms in total. The van der Waals surface area contributed by atoms with Gasteiger partial charge in [-0.1, -0.05) is 76.8 Å². The summed E-state index contributed by atoms with van der Waals surface area (Å²) in [5.41, 5.74) is 7.03. The Morgan fingerprint density at radius 1 is 0.902 bits per heavy atom. The SMILES string of the molecule is Cc1cc(C)cc(C(=O)N2CCN(C(=O)CCN3C[C@@H]4C[C@H]3CN4C(=O)[C@@H](Cc3ccccc3)NC=CNON)[C@H](c3ccc(Cl)c(Cl)c3)C2)c1. The molecule has 0 radical (unpaired) electrons. The molecule has 13 heteroatoms. The molecule has 3 fully saturated rings. The molecule has 0 aromatic heterocycles. The molecule has 0 spiro atoms. The molecular weight excluding hydrogens is 689 g/mol. The van der Waals surface area contributed by atoms with Crippen molar-refractivity contribution in [2.45, 2.75) is 57.3 Å². The molecular formula is C38H45Cl2N7O4. The molecule has 3 aliphatic heterocycles. The van der Waals surface area contributed by atoms with E-state index in [1.807, 2.05) is 83.1 Å². The van der Waals surface area contributed by atoms with Crippen LogP contribution in [0.25, 0.3) is 0 Å². The predicted molar refractivity (Wildman–Crippen MR) is 197 cm³/mol. The van der Waals surface area contributed by atoms with Gasteiger partial charge in [-0.25, -0.2) is 0 Å². The number of fused-ring (bicyclic) bond motifs is 2. The Balaban J connectivity index is 1.09. The van der Waals surface area contributed by atoms with Gasteiger partial charge in [0.1, 0.15) is 6.04 Å². The molecule has 6 rings (SSSR count). The number of hydroxylamine groups is 1. The van der Waals surface area contributed by atoms with Crippen LogP contribution in [0.1, 0.15) is 51.5 Å². The minimum absolute atomic E-state index is 0.0225. The first-order valence-corrected chi connectivity index (χ1v) is 18.1. The van der Waals surface area contributed by atoms with E-state index in [4.69, 9.17) is 29.1 Å². The standard InChI is InChI=1S/C38H45Cl2N7O4/c1-25-16-26(2)18-29(17-25)37(49)45-14-15-46(35(24-45)28-8-9-32(39)33(40)20-28)36(48)10-13-44-22-31-21-30(44)23-47(31)38(50)34(42-11-12-43-51-41)19-27-6-4-3-5-7-27/h3-9,11-12,16-18,20,30-31,34-35,42-43H,10,13-15,19,21-24,41H2,1-2H3/t30-,31-,34+,35-/m0/s1. The van der Waals surface area contributed by atoms with Crippen LogP contribution >= 0.6 is 23.2 Å². The first kappa shape index (κ1) is 36.7. The lowest BCUT2D eigenvalue weighted by Gasteiger charge is -2.42. The van der Waals surface area contributed by atoms with E-state index >= 15 is 0 Å². The minimum Gasteiger partial charge on any atom is -0.378 e. The second kappa shape index (κ2) is 16.5. The predicted octanol–water partition coefficient (Wildman–Crippen LogP) is 4.38. The zero-order chi connectivity index (χ0) is 36.1. The van der Waals surface area contributed by atoms with Crippen molar-refractivity contribution in [1.29, 1.82) is 0 Å². The lowest BCUT2D eigenvalue weighted by atomic mass is 10.00. The number of hydrogen-bond acceptors (Lipinski definition) is 8. The smallest absolute Gasteiger partial charge is 0.254 e. The fourth-order valence-electron chi connectivity index (χ4n) is 7.73. The highest BCUT2D eigenvalue weighted by molar-refractivity contribution is 6.42. The van der Waals surface area contributed by atoms with Crippen molar-refractivity contribution in [1.82, 2.24) is 30.4 Å². The van der Waals surface area contributed by atoms with Crippen LogP contribution in [-0.4, -0.2) is 94.7 Å². The molecule has 0 unspecified atom stereocenters. The number of benzene rings is 3. The maximum atomic E-state index is 14.0. The van der Waals surface area contributed by atoms with Gasteiger partial charge in [-0.15, -0.1) is 0 Å². The van der Waals surface area contributed by atoms with E-state index < -0.39 is 6.04 Å². The van der Waals surface area contributed by atoms with Gasteiger partial charge in [0.2, 0.25) is 11.8 Å². The molecule has 2 bridgehead atoms. The average molecular weight is 735 g/mol. The number of nitrogens with one attached hydrogen (secondary N) is 2. The van der Waals surface area contributed by atoms with Crippen molar-refractivity contribution < 1.29 is 19.3 Å². The van der Waals surface area contributed by atoms with Crippen LogP contribution < -0.4 is 16.7 Å². The zero-order valence-corrected chi connectivity index (χ0v) is 30.4. The minimum atomic E-state index is -0.462. The third-order valence-electron chi connectivity index (χ3n) is 10.1. The summed E-state index contributed by atoms with van der Waals surface area (Å²) in [6.45, 7) is 7.09. The lowest BCUT2D eigenvalue weighted by Crippen LogP contribution is -2.55. The van der Waals surface area contributed by atoms with Gasteiger partial charge in [0.05, 0.1) is 16.1 Å². The van der Waals surface area contributed by atoms with E-state index in [-0.39, 0.29) is 35.8 Å². The first-order valence-electron chi connectivity index (χ1n) is 17.3. The quantitative estimate of drug-likeness (QED) is 0.235. The monoisotopic (exact) mass is 733 g/mol. The van der Waals surface area contributed by atoms with Crippen molar-refractivity contribution in [3.8, 4) is 0 Å². The molecule has 0 aliphatic carbocycles. The van der Waals surface area contributed by atoms with Gasteiger partial charge in [0.25, 0.3) is 5.91 Å². The summed E-state index contributed by atoms with van der Waals surface area (Å²) < 4.78 is 0. The summed E-state index contributed by atoms with van der Waals surface area (Å²) in [4.78, 5) is 53.8. The highest BCUT2D eigenvalue weighted by atomic mass is 35.5. The van der Waals surface area contributed by atoms with Crippen molar-refractivity contribution in [2.75, 3.05) is 39.3 Å². The topological polar surface area (TPSA) is 123 Å². The Bertz CT molecular complexity index is 1740. The van der Waals surface area contributed by atoms with E-state index in [1.54, 1.807) is 18.3 Å². The van der Waals surface area contributed by atoms with Crippen LogP contribution in [-0.2, 0) is 20.9 Å². The van der Waals surface area contributed by atoms with Gasteiger partial charge in [0, 0.05) is 82.2 Å². The Morgan fingerprint density at radius 3 is 2.35 bits per heavy atom. The molecule has 3 amide bonds. The molecule has 3 aromatic carbocycles. The summed E-state index contributed by atoms with van der Waals surface area (Å²) in [5.74, 6) is 5.05. The molecule has 3 saturated heterocycles. The number of nitrogens with two attached hydrogens (primary N) is 1. The van der Waals surface area contributed by atoms with Crippen LogP contribution in [0.5, 0.6) is 0 Å². The number of nitrogens with zero attached hydrogens (tertiary/aromatic N) is 4. The Morgan fingerprint density at radius 2 is 1.67 bits per heavy atom. The number of piperazine rings is 2. The highest BCUT2D eigenvalue weighted by Gasteiger charge is 2.46. The fourth-order valence-corrected chi connectivity index (χ4v) is 8.04. The number of carbonyl (C=O) groups excluding carboxylic acids is 3. The molecule has 270 valence electrons. The maximum absolute atomic E-state index is 14.0. The van der Waals surface area contributed by atoms with Gasteiger partial charge in [-0.2, -0.15) is 10.8 Å². The fraction of sp³-hybridized carbons (Fsp3) is 0.395. The van der Waals surface area contributed by atoms with Crippen LogP contribution in [0.4, 0.5) is 0 Å². The Hall–Kier alpha value is -4.13. The van der Waals surface area contributed by atoms with Gasteiger partial charge < -0.3 is 20.0 Å². The number of amides is 3. The van der Waals surface area contributed by atoms with E-state index in [1.165, 1.54) is 6.20 Å². The zero-order valence-electron chi connectivity index (χ0n) is 28.9. The van der Waals surface area contributed by atoms with Crippen molar-refractivity contribution in [2.24, 2.45) is 5.90 Å². The molecule has 3 aliphatic rings. The molecule has 3 aromatic rings. The second-order valence-electron chi connectivity index (χ2n) is 13.7. The second-order valence-corrected chi connectivity index (χ2v) is 14.5. The number of likely N-dealkylation sites (tertiary alicyclic amines) is 2. The van der Waals surface area contributed by atoms with E-state index in [0.29, 0.717) is 67.7 Å². The number of aryl methyl sites for hydroxylation is 2. The third-order valence-corrected chi connectivity index (χ3v) is 10.9. The third kappa shape index (κ3) is 8.68. The number of rotatable bonds is 12. The normalized spacial score (nSPS) is 21.0. The number of hydrogen-bond donors (Lipinski definition) is 3. The van der Waals surface area contributed by atoms with Crippen LogP contribution in [0.2, 0.25) is 10.0 Å². The molecule has 51 heavy (non-hydrogen) atoms. The molecule has 0 saturated carbocycles. The molecule has 3 heterocycles. The van der Waals surface area contributed by atoms with Crippen LogP contribution in [0.3, 0.4) is 0 Å². The van der Waals surface area contributed by atoms with E-state index in [2.05, 4.69) is 20.6 Å². The Labute approximate surface area is 309 Å². The average Bonchev–Trinajstić information content (AvgIpc) is 3.73. The summed E-state index contributed by atoms with van der Waals surface area (Å²) >= 11 is 12.7. The van der Waals surface area contributed by atoms with Crippen molar-refractivity contribution in [3.05, 3.63) is 117 Å². The molecule has 4 N–H and O–H groups in total. The summed E-state index contributed by atoms with van der Waals surface area (Å²) in [7, 11) is 0. The lowest BCUT2D eigenvalue weighted by molar-refractivity contribution is -0.138. The van der Waals surface area contributed by atoms with E-state index in [0.717, 1.165) is 28.7 Å². The maximum Gasteiger partial charge on any atom is 0.254 e. The summed E-state index contributed by atoms with van der Waals surface area (Å²) in [5, 5.41) is 4.04. The molecule has 4 atom stereocenters. The largest absolute Gasteiger partial charge is 0.378 e. The van der Waals surface area contributed by atoms with Crippen LogP contribution in [0, 0.1) is 13.8 Å². The number of halogens is 2. The Kier molecular flexibility index (Phi) is 11.8. The first-order chi connectivity index (χ1) is 24.6. The summed E-state index contributed by atoms with van der Waals surface area (Å²) in [6.07, 6.45) is 4.86. The van der Waals surface area contributed by atoms with Crippen molar-refractivity contribution in [3.63, 3.8) is 0 Å². The van der Waals surface area contributed by atoms with Crippen LogP contribution in [0.15, 0.2) is 79.1 Å². The van der Waals surface area contributed by atoms with Crippen molar-refractivity contribution >= 4 is 40.9 Å². The van der Waals surface area contributed by atoms with Gasteiger partial charge in [-0.3, -0.25) is 24.8 Å². The number of carbonyl (C=O) groups is 3. The van der Waals surface area contributed by atoms with E-state index in [9.17, 15) is 14.4 Å². The van der Waals surface area contributed by atoms with Gasteiger partial charge in [0.15, 0.2) is 0 Å². The highest BCUT2D eigenvalue weighted by Crippen LogP contribution is 2.34. The van der Waals surface area contributed by atoms with Gasteiger partial charge >= 0.3 is 0 Å². The van der Waals surface area contributed by atoms with Gasteiger partial charge in [-0.05, 0) is 55.7 Å². The summed E-state index contributed by atoms with van der Waals surface area (Å²) in [6, 6.07) is 20.6.